The van der Waals surface area contributed by atoms with Crippen molar-refractivity contribution in [2.24, 2.45) is 0 Å². The van der Waals surface area contributed by atoms with Gasteiger partial charge in [-0.3, -0.25) is 0 Å². The second-order valence-electron chi connectivity index (χ2n) is 3.40. The van der Waals surface area contributed by atoms with E-state index in [9.17, 15) is 5.11 Å². The maximum Gasteiger partial charge on any atom is 0.119 e. The van der Waals surface area contributed by atoms with Gasteiger partial charge in [-0.15, -0.1) is 0 Å². The van der Waals surface area contributed by atoms with E-state index in [0.29, 0.717) is 6.54 Å². The maximum absolute atomic E-state index is 9.17. The third kappa shape index (κ3) is 3.42. The highest BCUT2D eigenvalue weighted by atomic mass is 16.5. The molecule has 0 bridgehead atoms. The van der Waals surface area contributed by atoms with Gasteiger partial charge < -0.3 is 20.3 Å². The number of benzene rings is 1. The molecule has 0 aromatic heterocycles. The molecule has 0 saturated heterocycles. The molecule has 0 unspecified atom stereocenters. The van der Waals surface area contributed by atoms with E-state index in [2.05, 4.69) is 5.32 Å². The van der Waals surface area contributed by atoms with Gasteiger partial charge in [0.2, 0.25) is 0 Å². The number of hydrogen-bond donors (Lipinski definition) is 3. The van der Waals surface area contributed by atoms with Crippen LogP contribution in [0.1, 0.15) is 5.56 Å². The second kappa shape index (κ2) is 5.58. The van der Waals surface area contributed by atoms with Gasteiger partial charge >= 0.3 is 0 Å². The molecule has 1 aromatic rings. The average molecular weight is 211 g/mol. The molecule has 4 heteroatoms. The van der Waals surface area contributed by atoms with E-state index >= 15 is 0 Å². The lowest BCUT2D eigenvalue weighted by Crippen LogP contribution is -2.23. The van der Waals surface area contributed by atoms with Gasteiger partial charge in [-0.1, -0.05) is 0 Å². The molecule has 0 heterocycles. The van der Waals surface area contributed by atoms with Crippen LogP contribution in [0, 0.1) is 6.92 Å². The molecule has 0 aliphatic rings. The van der Waals surface area contributed by atoms with E-state index in [4.69, 9.17) is 9.84 Å². The first-order valence-electron chi connectivity index (χ1n) is 4.84. The fourth-order valence-corrected chi connectivity index (χ4v) is 1.25. The van der Waals surface area contributed by atoms with Crippen LogP contribution in [0.5, 0.6) is 5.75 Å². The molecular weight excluding hydrogens is 194 g/mol. The largest absolute Gasteiger partial charge is 0.497 e. The summed E-state index contributed by atoms with van der Waals surface area (Å²) in [5.74, 6) is 0.806. The molecule has 0 radical (unpaired) electrons. The highest BCUT2D eigenvalue weighted by Gasteiger charge is 2.03. The Labute approximate surface area is 89.5 Å². The van der Waals surface area contributed by atoms with Crippen molar-refractivity contribution < 1.29 is 14.9 Å². The summed E-state index contributed by atoms with van der Waals surface area (Å²) in [6, 6.07) is 5.65. The molecule has 0 spiro atoms. The zero-order valence-corrected chi connectivity index (χ0v) is 9.03. The van der Waals surface area contributed by atoms with E-state index in [0.717, 1.165) is 17.0 Å². The van der Waals surface area contributed by atoms with Crippen molar-refractivity contribution >= 4 is 5.69 Å². The summed E-state index contributed by atoms with van der Waals surface area (Å²) in [5, 5.41) is 20.9. The molecule has 0 fully saturated rings. The van der Waals surface area contributed by atoms with E-state index in [1.807, 2.05) is 25.1 Å². The normalized spacial score (nSPS) is 12.3. The average Bonchev–Trinajstić information content (AvgIpc) is 2.26. The fraction of sp³-hybridized carbons (Fsp3) is 0.455. The number of hydrogen-bond acceptors (Lipinski definition) is 4. The van der Waals surface area contributed by atoms with Crippen LogP contribution in [-0.4, -0.2) is 36.6 Å². The molecule has 0 amide bonds. The lowest BCUT2D eigenvalue weighted by Gasteiger charge is -2.13. The maximum atomic E-state index is 9.17. The summed E-state index contributed by atoms with van der Waals surface area (Å²) in [5.41, 5.74) is 1.97. The summed E-state index contributed by atoms with van der Waals surface area (Å²) in [6.45, 7) is 2.06. The predicted octanol–water partition coefficient (Wildman–Crippen LogP) is 0.769. The van der Waals surface area contributed by atoms with Crippen molar-refractivity contribution in [2.45, 2.75) is 13.0 Å². The molecule has 1 aromatic carbocycles. The number of aliphatic hydroxyl groups excluding tert-OH is 2. The summed E-state index contributed by atoms with van der Waals surface area (Å²) in [4.78, 5) is 0. The number of anilines is 1. The molecule has 0 saturated carbocycles. The number of methoxy groups -OCH3 is 1. The van der Waals surface area contributed by atoms with Crippen LogP contribution in [0.2, 0.25) is 0 Å². The molecule has 1 atom stereocenters. The lowest BCUT2D eigenvalue weighted by atomic mass is 10.2. The molecule has 15 heavy (non-hydrogen) atoms. The summed E-state index contributed by atoms with van der Waals surface area (Å²) in [7, 11) is 1.62. The van der Waals surface area contributed by atoms with Crippen LogP contribution in [0.25, 0.3) is 0 Å². The first-order chi connectivity index (χ1) is 7.17. The summed E-state index contributed by atoms with van der Waals surface area (Å²) >= 11 is 0. The van der Waals surface area contributed by atoms with Crippen LogP contribution >= 0.6 is 0 Å². The zero-order valence-electron chi connectivity index (χ0n) is 9.03. The molecule has 0 aliphatic heterocycles. The quantitative estimate of drug-likeness (QED) is 0.673. The Morgan fingerprint density at radius 3 is 2.73 bits per heavy atom. The van der Waals surface area contributed by atoms with Gasteiger partial charge in [0.15, 0.2) is 0 Å². The monoisotopic (exact) mass is 211 g/mol. The molecule has 3 N–H and O–H groups in total. The van der Waals surface area contributed by atoms with Gasteiger partial charge in [0.05, 0.1) is 19.8 Å². The highest BCUT2D eigenvalue weighted by Crippen LogP contribution is 2.20. The van der Waals surface area contributed by atoms with Crippen molar-refractivity contribution in [1.82, 2.24) is 0 Å². The van der Waals surface area contributed by atoms with Crippen molar-refractivity contribution in [3.05, 3.63) is 23.8 Å². The number of aryl methyl sites for hydroxylation is 1. The summed E-state index contributed by atoms with van der Waals surface area (Å²) < 4.78 is 5.08. The first-order valence-corrected chi connectivity index (χ1v) is 4.84. The van der Waals surface area contributed by atoms with Gasteiger partial charge in [-0.25, -0.2) is 0 Å². The van der Waals surface area contributed by atoms with E-state index < -0.39 is 6.10 Å². The predicted molar refractivity (Wildman–Crippen MR) is 59.3 cm³/mol. The Bertz CT molecular complexity index is 315. The number of aliphatic hydroxyl groups is 2. The molecule has 1 rings (SSSR count). The smallest absolute Gasteiger partial charge is 0.119 e. The Morgan fingerprint density at radius 2 is 2.20 bits per heavy atom. The van der Waals surface area contributed by atoms with Crippen molar-refractivity contribution in [1.29, 1.82) is 0 Å². The summed E-state index contributed by atoms with van der Waals surface area (Å²) in [6.07, 6.45) is -0.730. The Morgan fingerprint density at radius 1 is 1.47 bits per heavy atom. The topological polar surface area (TPSA) is 61.7 Å². The van der Waals surface area contributed by atoms with Crippen LogP contribution in [0.3, 0.4) is 0 Å². The first kappa shape index (κ1) is 11.8. The number of nitrogens with one attached hydrogen (secondary N) is 1. The van der Waals surface area contributed by atoms with Crippen LogP contribution in [0.4, 0.5) is 5.69 Å². The van der Waals surface area contributed by atoms with Gasteiger partial charge in [-0.05, 0) is 30.7 Å². The van der Waals surface area contributed by atoms with E-state index in [1.54, 1.807) is 7.11 Å². The minimum atomic E-state index is -0.730. The van der Waals surface area contributed by atoms with Crippen LogP contribution in [0.15, 0.2) is 18.2 Å². The Kier molecular flexibility index (Phi) is 4.39. The third-order valence-electron chi connectivity index (χ3n) is 2.17. The SMILES string of the molecule is COc1ccc(NC[C@H](O)CO)c(C)c1. The minimum absolute atomic E-state index is 0.234. The Hall–Kier alpha value is -1.26. The van der Waals surface area contributed by atoms with Crippen molar-refractivity contribution in [3.63, 3.8) is 0 Å². The zero-order chi connectivity index (χ0) is 11.3. The fourth-order valence-electron chi connectivity index (χ4n) is 1.25. The van der Waals surface area contributed by atoms with E-state index in [-0.39, 0.29) is 6.61 Å². The lowest BCUT2D eigenvalue weighted by molar-refractivity contribution is 0.105. The van der Waals surface area contributed by atoms with Gasteiger partial charge in [-0.2, -0.15) is 0 Å². The second-order valence-corrected chi connectivity index (χ2v) is 3.40. The standard InChI is InChI=1S/C11H17NO3/c1-8-5-10(15-2)3-4-11(8)12-6-9(14)7-13/h3-5,9,12-14H,6-7H2,1-2H3/t9-/m0/s1. The van der Waals surface area contributed by atoms with Gasteiger partial charge in [0, 0.05) is 12.2 Å². The van der Waals surface area contributed by atoms with Crippen molar-refractivity contribution in [2.75, 3.05) is 25.6 Å². The number of ether oxygens (including phenoxy) is 1. The third-order valence-corrected chi connectivity index (χ3v) is 2.17. The molecule has 0 aliphatic carbocycles. The highest BCUT2D eigenvalue weighted by molar-refractivity contribution is 5.53. The molecule has 84 valence electrons. The van der Waals surface area contributed by atoms with Crippen LogP contribution in [-0.2, 0) is 0 Å². The minimum Gasteiger partial charge on any atom is -0.497 e. The van der Waals surface area contributed by atoms with Crippen molar-refractivity contribution in [3.8, 4) is 5.75 Å². The number of rotatable bonds is 5. The molecule has 4 nitrogen and oxygen atoms in total. The van der Waals surface area contributed by atoms with Gasteiger partial charge in [0.1, 0.15) is 5.75 Å². The van der Waals surface area contributed by atoms with E-state index in [1.165, 1.54) is 0 Å². The van der Waals surface area contributed by atoms with Gasteiger partial charge in [0.25, 0.3) is 0 Å². The Balaban J connectivity index is 2.62. The molecular formula is C11H17NO3. The van der Waals surface area contributed by atoms with Crippen LogP contribution < -0.4 is 10.1 Å².